The van der Waals surface area contributed by atoms with E-state index >= 15 is 0 Å². The number of fused-ring (bicyclic) bond motifs is 1. The van der Waals surface area contributed by atoms with Crippen molar-refractivity contribution in [2.45, 2.75) is 45.3 Å². The summed E-state index contributed by atoms with van der Waals surface area (Å²) in [6.07, 6.45) is 1.95. The van der Waals surface area contributed by atoms with Crippen LogP contribution in [-0.4, -0.2) is 44.8 Å². The van der Waals surface area contributed by atoms with Crippen LogP contribution in [0.3, 0.4) is 0 Å². The van der Waals surface area contributed by atoms with Gasteiger partial charge in [0.1, 0.15) is 11.4 Å². The Morgan fingerprint density at radius 1 is 1.41 bits per heavy atom. The zero-order valence-corrected chi connectivity index (χ0v) is 17.8. The monoisotopic (exact) mass is 414 g/mol. The van der Waals surface area contributed by atoms with Crippen LogP contribution < -0.4 is 0 Å². The summed E-state index contributed by atoms with van der Waals surface area (Å²) >= 11 is 5.24. The van der Waals surface area contributed by atoms with Crippen LogP contribution in [0.25, 0.3) is 11.0 Å². The highest BCUT2D eigenvalue weighted by molar-refractivity contribution is 7.71. The van der Waals surface area contributed by atoms with Crippen molar-refractivity contribution in [2.75, 3.05) is 13.1 Å². The normalized spacial score (nSPS) is 17.4. The number of piperidine rings is 1. The lowest BCUT2D eigenvalue weighted by molar-refractivity contribution is 0.0591. The number of aromatic nitrogens is 3. The van der Waals surface area contributed by atoms with Crippen molar-refractivity contribution in [2.24, 2.45) is 7.05 Å². The number of para-hydroxylation sites is 1. The number of H-pyrrole nitrogens is 1. The minimum atomic E-state index is -0.0926. The summed E-state index contributed by atoms with van der Waals surface area (Å²) in [4.78, 5) is 15.3. The average Bonchev–Trinajstić information content (AvgIpc) is 3.26. The Kier molecular flexibility index (Phi) is 5.56. The molecule has 3 heterocycles. The maximum absolute atomic E-state index is 13.4. The van der Waals surface area contributed by atoms with Gasteiger partial charge in [-0.3, -0.25) is 9.89 Å². The second-order valence-corrected chi connectivity index (χ2v) is 8.19. The Labute approximate surface area is 174 Å². The van der Waals surface area contributed by atoms with Gasteiger partial charge in [-0.15, -0.1) is 0 Å². The Bertz CT molecular complexity index is 1080. The number of ether oxygens (including phenoxy) is 1. The van der Waals surface area contributed by atoms with E-state index in [1.165, 1.54) is 0 Å². The van der Waals surface area contributed by atoms with Gasteiger partial charge in [0.25, 0.3) is 5.91 Å². The molecular formula is C21H26N4O3S. The highest BCUT2D eigenvalue weighted by Gasteiger charge is 2.31. The highest BCUT2D eigenvalue weighted by Crippen LogP contribution is 2.31. The van der Waals surface area contributed by atoms with Crippen molar-refractivity contribution < 1.29 is 13.9 Å². The van der Waals surface area contributed by atoms with Gasteiger partial charge < -0.3 is 18.6 Å². The van der Waals surface area contributed by atoms with Crippen molar-refractivity contribution in [1.29, 1.82) is 0 Å². The number of nitrogens with one attached hydrogen (secondary N) is 1. The lowest BCUT2D eigenvalue weighted by atomic mass is 9.96. The third-order valence-corrected chi connectivity index (χ3v) is 5.81. The number of hydrogen-bond donors (Lipinski definition) is 1. The summed E-state index contributed by atoms with van der Waals surface area (Å²) in [6, 6.07) is 7.72. The Hall–Kier alpha value is -2.45. The standard InChI is InChI=1S/C21H26N4O3S/c1-13(2)27-12-16-15-8-4-5-9-17(15)28-18(16)20(26)25-10-6-7-14(11-25)19-22-23-21(29)24(19)3/h4-5,8-9,13-14H,6-7,10-12H2,1-3H3,(H,23,29). The number of furan rings is 1. The number of carbonyl (C=O) groups excluding carboxylic acids is 1. The Morgan fingerprint density at radius 3 is 2.93 bits per heavy atom. The van der Waals surface area contributed by atoms with Gasteiger partial charge in [0.05, 0.1) is 12.7 Å². The zero-order chi connectivity index (χ0) is 20.5. The minimum Gasteiger partial charge on any atom is -0.451 e. The molecule has 1 unspecified atom stereocenters. The molecule has 154 valence electrons. The van der Waals surface area contributed by atoms with Gasteiger partial charge in [-0.05, 0) is 45.0 Å². The first kappa shape index (κ1) is 19.8. The number of benzene rings is 1. The molecule has 0 aliphatic carbocycles. The third kappa shape index (κ3) is 3.86. The van der Waals surface area contributed by atoms with Gasteiger partial charge in [0, 0.05) is 37.0 Å². The molecule has 7 nitrogen and oxygen atoms in total. The summed E-state index contributed by atoms with van der Waals surface area (Å²) < 4.78 is 14.3. The number of amides is 1. The highest BCUT2D eigenvalue weighted by atomic mass is 32.1. The molecule has 3 aromatic rings. The Balaban J connectivity index is 1.63. The summed E-state index contributed by atoms with van der Waals surface area (Å²) in [5.74, 6) is 1.32. The van der Waals surface area contributed by atoms with Crippen molar-refractivity contribution in [3.63, 3.8) is 0 Å². The second kappa shape index (κ2) is 8.12. The topological polar surface area (TPSA) is 76.3 Å². The maximum atomic E-state index is 13.4. The molecule has 29 heavy (non-hydrogen) atoms. The van der Waals surface area contributed by atoms with Crippen LogP contribution in [0.2, 0.25) is 0 Å². The van der Waals surface area contributed by atoms with Gasteiger partial charge in [0.15, 0.2) is 10.5 Å². The Morgan fingerprint density at radius 2 is 2.21 bits per heavy atom. The van der Waals surface area contributed by atoms with E-state index in [0.29, 0.717) is 35.8 Å². The van der Waals surface area contributed by atoms with Crippen molar-refractivity contribution >= 4 is 29.1 Å². The largest absolute Gasteiger partial charge is 0.451 e. The molecule has 1 atom stereocenters. The molecule has 1 N–H and O–H groups in total. The van der Waals surface area contributed by atoms with E-state index in [4.69, 9.17) is 21.4 Å². The van der Waals surface area contributed by atoms with Crippen molar-refractivity contribution in [3.05, 3.63) is 46.2 Å². The molecule has 1 fully saturated rings. The van der Waals surface area contributed by atoms with Gasteiger partial charge in [-0.1, -0.05) is 18.2 Å². The van der Waals surface area contributed by atoms with Crippen LogP contribution in [0.4, 0.5) is 0 Å². The summed E-state index contributed by atoms with van der Waals surface area (Å²) in [5.41, 5.74) is 1.53. The fourth-order valence-corrected chi connectivity index (χ4v) is 4.04. The molecule has 1 saturated heterocycles. The van der Waals surface area contributed by atoms with Crippen molar-refractivity contribution in [1.82, 2.24) is 19.7 Å². The number of likely N-dealkylation sites (tertiary alicyclic amines) is 1. The van der Waals surface area contributed by atoms with E-state index in [-0.39, 0.29) is 17.9 Å². The summed E-state index contributed by atoms with van der Waals surface area (Å²) in [7, 11) is 1.91. The number of carbonyl (C=O) groups is 1. The molecule has 0 radical (unpaired) electrons. The molecule has 1 amide bonds. The minimum absolute atomic E-state index is 0.0678. The van der Waals surface area contributed by atoms with Gasteiger partial charge in [-0.2, -0.15) is 5.10 Å². The molecule has 1 aliphatic rings. The predicted octanol–water partition coefficient (Wildman–Crippen LogP) is 4.17. The number of nitrogens with zero attached hydrogens (tertiary/aromatic N) is 3. The zero-order valence-electron chi connectivity index (χ0n) is 17.0. The smallest absolute Gasteiger partial charge is 0.290 e. The second-order valence-electron chi connectivity index (χ2n) is 7.80. The molecule has 8 heteroatoms. The first-order valence-electron chi connectivity index (χ1n) is 9.98. The van der Waals surface area contributed by atoms with E-state index in [9.17, 15) is 4.79 Å². The van der Waals surface area contributed by atoms with E-state index in [1.54, 1.807) is 0 Å². The molecule has 0 bridgehead atoms. The number of hydrogen-bond acceptors (Lipinski definition) is 5. The van der Waals surface area contributed by atoms with E-state index in [0.717, 1.165) is 29.6 Å². The fourth-order valence-electron chi connectivity index (χ4n) is 3.91. The average molecular weight is 415 g/mol. The molecule has 1 aromatic carbocycles. The maximum Gasteiger partial charge on any atom is 0.290 e. The van der Waals surface area contributed by atoms with Crippen LogP contribution >= 0.6 is 12.2 Å². The molecule has 1 aliphatic heterocycles. The van der Waals surface area contributed by atoms with Crippen LogP contribution in [-0.2, 0) is 18.4 Å². The third-order valence-electron chi connectivity index (χ3n) is 5.44. The first-order valence-corrected chi connectivity index (χ1v) is 10.4. The molecule has 2 aromatic heterocycles. The van der Waals surface area contributed by atoms with Crippen LogP contribution in [0, 0.1) is 4.77 Å². The summed E-state index contributed by atoms with van der Waals surface area (Å²) in [6.45, 7) is 5.60. The van der Waals surface area contributed by atoms with Gasteiger partial charge in [-0.25, -0.2) is 0 Å². The van der Waals surface area contributed by atoms with E-state index in [2.05, 4.69) is 10.2 Å². The first-order chi connectivity index (χ1) is 14.0. The van der Waals surface area contributed by atoms with Crippen LogP contribution in [0.1, 0.15) is 54.5 Å². The fraction of sp³-hybridized carbons (Fsp3) is 0.476. The van der Waals surface area contributed by atoms with Gasteiger partial charge in [0.2, 0.25) is 0 Å². The summed E-state index contributed by atoms with van der Waals surface area (Å²) in [5, 5.41) is 8.14. The van der Waals surface area contributed by atoms with E-state index in [1.807, 2.05) is 54.6 Å². The number of aromatic amines is 1. The molecule has 4 rings (SSSR count). The van der Waals surface area contributed by atoms with E-state index < -0.39 is 0 Å². The van der Waals surface area contributed by atoms with Gasteiger partial charge >= 0.3 is 0 Å². The van der Waals surface area contributed by atoms with Crippen LogP contribution in [0.15, 0.2) is 28.7 Å². The quantitative estimate of drug-likeness (QED) is 0.634. The van der Waals surface area contributed by atoms with Crippen molar-refractivity contribution in [3.8, 4) is 0 Å². The molecular weight excluding hydrogens is 388 g/mol. The SMILES string of the molecule is CC(C)OCc1c(C(=O)N2CCCC(c3n[nH]c(=S)n3C)C2)oc2ccccc12. The number of rotatable bonds is 5. The molecule has 0 spiro atoms. The predicted molar refractivity (Wildman–Crippen MR) is 112 cm³/mol. The molecule has 0 saturated carbocycles. The van der Waals surface area contributed by atoms with Crippen LogP contribution in [0.5, 0.6) is 0 Å². The lowest BCUT2D eigenvalue weighted by Gasteiger charge is -2.31. The lowest BCUT2D eigenvalue weighted by Crippen LogP contribution is -2.40.